The number of H-pyrrole nitrogens is 2. The zero-order valence-corrected chi connectivity index (χ0v) is 25.3. The summed E-state index contributed by atoms with van der Waals surface area (Å²) >= 11 is 0. The molecule has 0 atom stereocenters. The van der Waals surface area contributed by atoms with Crippen molar-refractivity contribution >= 4 is 32.1 Å². The van der Waals surface area contributed by atoms with E-state index in [1.807, 2.05) is 12.3 Å². The summed E-state index contributed by atoms with van der Waals surface area (Å²) in [4.78, 5) is 19.1. The van der Waals surface area contributed by atoms with E-state index in [9.17, 15) is 12.8 Å². The van der Waals surface area contributed by atoms with E-state index in [0.717, 1.165) is 31.5 Å². The summed E-state index contributed by atoms with van der Waals surface area (Å²) in [5.74, 6) is -0.499. The molecule has 7 rings (SSSR count). The Kier molecular flexibility index (Phi) is 7.59. The summed E-state index contributed by atoms with van der Waals surface area (Å²) in [6, 6.07) is 11.2. The van der Waals surface area contributed by atoms with Crippen LogP contribution in [0.5, 0.6) is 0 Å². The standard InChI is InChI=1S/C32H30F2N8O2S/c1-45(43,44)37-16-19-9-21(12-23(33)11-19)24-5-6-36-31-29(24)38-32(39-31)30-26-13-25(27(34)14-28(26)40-41-30)22-10-20(15-35-17-22)18-42-7-3-2-4-8-42/h5-6,9-15,17,37H,2-4,7-8,16,18H2,1H3,(H,40,41)(H,36,38,39). The van der Waals surface area contributed by atoms with E-state index in [1.165, 1.54) is 37.5 Å². The second-order valence-electron chi connectivity index (χ2n) is 11.5. The lowest BCUT2D eigenvalue weighted by molar-refractivity contribution is 0.220. The second kappa shape index (κ2) is 11.7. The van der Waals surface area contributed by atoms with Gasteiger partial charge in [0, 0.05) is 59.8 Å². The van der Waals surface area contributed by atoms with Gasteiger partial charge in [-0.2, -0.15) is 5.10 Å². The fourth-order valence-corrected chi connectivity index (χ4v) is 6.35. The van der Waals surface area contributed by atoms with Crippen molar-refractivity contribution < 1.29 is 17.2 Å². The minimum Gasteiger partial charge on any atom is -0.335 e. The molecule has 13 heteroatoms. The summed E-state index contributed by atoms with van der Waals surface area (Å²) in [5, 5.41) is 8.01. The molecule has 0 radical (unpaired) electrons. The lowest BCUT2D eigenvalue weighted by Crippen LogP contribution is -2.29. The molecule has 1 aliphatic rings. The number of nitrogens with one attached hydrogen (secondary N) is 3. The number of aromatic amines is 2. The van der Waals surface area contributed by atoms with Gasteiger partial charge in [-0.3, -0.25) is 15.0 Å². The summed E-state index contributed by atoms with van der Waals surface area (Å²) in [6.45, 7) is 2.83. The van der Waals surface area contributed by atoms with Crippen molar-refractivity contribution in [3.8, 4) is 33.8 Å². The van der Waals surface area contributed by atoms with Crippen molar-refractivity contribution in [2.24, 2.45) is 0 Å². The first-order valence-electron chi connectivity index (χ1n) is 14.6. The second-order valence-corrected chi connectivity index (χ2v) is 13.3. The Bertz CT molecular complexity index is 2160. The zero-order valence-electron chi connectivity index (χ0n) is 24.4. The van der Waals surface area contributed by atoms with Crippen LogP contribution in [-0.4, -0.2) is 62.8 Å². The molecule has 0 amide bonds. The largest absolute Gasteiger partial charge is 0.335 e. The van der Waals surface area contributed by atoms with Gasteiger partial charge >= 0.3 is 0 Å². The fourth-order valence-electron chi connectivity index (χ4n) is 5.92. The number of hydrogen-bond acceptors (Lipinski definition) is 7. The van der Waals surface area contributed by atoms with Crippen LogP contribution in [0.1, 0.15) is 30.4 Å². The number of rotatable bonds is 8. The Morgan fingerprint density at radius 1 is 0.956 bits per heavy atom. The molecule has 6 aromatic rings. The van der Waals surface area contributed by atoms with E-state index in [0.29, 0.717) is 61.4 Å². The maximum Gasteiger partial charge on any atom is 0.209 e. The molecule has 10 nitrogen and oxygen atoms in total. The van der Waals surface area contributed by atoms with Gasteiger partial charge in [-0.25, -0.2) is 31.9 Å². The average Bonchev–Trinajstić information content (AvgIpc) is 3.63. The lowest BCUT2D eigenvalue weighted by atomic mass is 10.0. The van der Waals surface area contributed by atoms with Crippen LogP contribution in [0.25, 0.3) is 55.8 Å². The molecular formula is C32H30F2N8O2S. The zero-order chi connectivity index (χ0) is 31.1. The molecule has 5 heterocycles. The monoisotopic (exact) mass is 628 g/mol. The number of benzene rings is 2. The molecule has 0 unspecified atom stereocenters. The minimum absolute atomic E-state index is 0.0547. The number of sulfonamides is 1. The van der Waals surface area contributed by atoms with Crippen LogP contribution in [0.15, 0.2) is 61.1 Å². The molecule has 230 valence electrons. The van der Waals surface area contributed by atoms with Gasteiger partial charge in [0.15, 0.2) is 11.5 Å². The number of pyridine rings is 2. The van der Waals surface area contributed by atoms with Gasteiger partial charge in [0.2, 0.25) is 10.0 Å². The summed E-state index contributed by atoms with van der Waals surface area (Å²) in [7, 11) is -3.46. The van der Waals surface area contributed by atoms with Crippen molar-refractivity contribution in [3.63, 3.8) is 0 Å². The topological polar surface area (TPSA) is 133 Å². The van der Waals surface area contributed by atoms with Crippen LogP contribution in [0.3, 0.4) is 0 Å². The third-order valence-electron chi connectivity index (χ3n) is 8.03. The van der Waals surface area contributed by atoms with Crippen LogP contribution in [0.4, 0.5) is 8.78 Å². The molecular weight excluding hydrogens is 598 g/mol. The maximum absolute atomic E-state index is 15.4. The van der Waals surface area contributed by atoms with E-state index in [-0.39, 0.29) is 6.54 Å². The molecule has 0 aliphatic carbocycles. The summed E-state index contributed by atoms with van der Waals surface area (Å²) in [5.41, 5.74) is 5.64. The van der Waals surface area contributed by atoms with Gasteiger partial charge in [0.05, 0.1) is 17.3 Å². The minimum atomic E-state index is -3.46. The first-order chi connectivity index (χ1) is 21.7. The van der Waals surface area contributed by atoms with Crippen molar-refractivity contribution in [2.45, 2.75) is 32.4 Å². The van der Waals surface area contributed by atoms with Crippen molar-refractivity contribution in [1.29, 1.82) is 0 Å². The molecule has 1 saturated heterocycles. The Morgan fingerprint density at radius 3 is 2.60 bits per heavy atom. The Labute approximate surface area is 258 Å². The lowest BCUT2D eigenvalue weighted by Gasteiger charge is -2.26. The Morgan fingerprint density at radius 2 is 1.78 bits per heavy atom. The van der Waals surface area contributed by atoms with Crippen LogP contribution < -0.4 is 4.72 Å². The molecule has 1 aliphatic heterocycles. The van der Waals surface area contributed by atoms with Gasteiger partial charge in [-0.05, 0) is 79.0 Å². The smallest absolute Gasteiger partial charge is 0.209 e. The van der Waals surface area contributed by atoms with Crippen LogP contribution in [0, 0.1) is 11.6 Å². The first kappa shape index (κ1) is 29.1. The van der Waals surface area contributed by atoms with E-state index in [4.69, 9.17) is 0 Å². The fraction of sp³-hybridized carbons (Fsp3) is 0.250. The van der Waals surface area contributed by atoms with Crippen LogP contribution >= 0.6 is 0 Å². The molecule has 0 bridgehead atoms. The van der Waals surface area contributed by atoms with Crippen molar-refractivity contribution in [2.75, 3.05) is 19.3 Å². The maximum atomic E-state index is 15.4. The predicted molar refractivity (Wildman–Crippen MR) is 168 cm³/mol. The van der Waals surface area contributed by atoms with E-state index in [1.54, 1.807) is 30.6 Å². The van der Waals surface area contributed by atoms with Crippen LogP contribution in [0.2, 0.25) is 0 Å². The number of likely N-dealkylation sites (tertiary alicyclic amines) is 1. The normalized spacial score (nSPS) is 14.5. The Hall–Kier alpha value is -4.59. The van der Waals surface area contributed by atoms with Crippen molar-refractivity contribution in [1.82, 2.24) is 39.8 Å². The van der Waals surface area contributed by atoms with E-state index in [2.05, 4.69) is 39.8 Å². The van der Waals surface area contributed by atoms with Gasteiger partial charge in [0.1, 0.15) is 17.3 Å². The first-order valence-corrected chi connectivity index (χ1v) is 16.5. The summed E-state index contributed by atoms with van der Waals surface area (Å²) in [6.07, 6.45) is 9.75. The highest BCUT2D eigenvalue weighted by Crippen LogP contribution is 2.34. The number of fused-ring (bicyclic) bond motifs is 2. The highest BCUT2D eigenvalue weighted by atomic mass is 32.2. The molecule has 1 fully saturated rings. The number of piperidine rings is 1. The summed E-state index contributed by atoms with van der Waals surface area (Å²) < 4.78 is 55.6. The van der Waals surface area contributed by atoms with E-state index < -0.39 is 21.7 Å². The van der Waals surface area contributed by atoms with Gasteiger partial charge in [-0.1, -0.05) is 6.42 Å². The molecule has 0 saturated carbocycles. The Balaban J connectivity index is 1.25. The van der Waals surface area contributed by atoms with E-state index >= 15 is 4.39 Å². The van der Waals surface area contributed by atoms with Gasteiger partial charge < -0.3 is 4.98 Å². The number of halogens is 2. The predicted octanol–water partition coefficient (Wildman–Crippen LogP) is 5.54. The average molecular weight is 629 g/mol. The molecule has 2 aromatic carbocycles. The van der Waals surface area contributed by atoms with Gasteiger partial charge in [0.25, 0.3) is 0 Å². The van der Waals surface area contributed by atoms with Gasteiger partial charge in [-0.15, -0.1) is 0 Å². The molecule has 4 aromatic heterocycles. The quantitative estimate of drug-likeness (QED) is 0.202. The number of nitrogens with zero attached hydrogens (tertiary/aromatic N) is 5. The highest BCUT2D eigenvalue weighted by Gasteiger charge is 2.19. The molecule has 45 heavy (non-hydrogen) atoms. The number of hydrogen-bond donors (Lipinski definition) is 3. The van der Waals surface area contributed by atoms with Crippen molar-refractivity contribution in [3.05, 3.63) is 83.8 Å². The third kappa shape index (κ3) is 6.19. The molecule has 3 N–H and O–H groups in total. The third-order valence-corrected chi connectivity index (χ3v) is 8.70. The van der Waals surface area contributed by atoms with Crippen LogP contribution in [-0.2, 0) is 23.1 Å². The number of aromatic nitrogens is 6. The SMILES string of the molecule is CS(=O)(=O)NCc1cc(F)cc(-c2ccnc3nc(-c4n[nH]c5cc(F)c(-c6cncc(CN7CCCCC7)c6)cc45)[nH]c23)c1. The molecule has 0 spiro atoms. The number of imidazole rings is 1. The highest BCUT2D eigenvalue weighted by molar-refractivity contribution is 7.88.